The van der Waals surface area contributed by atoms with E-state index in [4.69, 9.17) is 0 Å². The molecule has 0 aliphatic heterocycles. The van der Waals surface area contributed by atoms with Gasteiger partial charge in [0.1, 0.15) is 6.04 Å². The summed E-state index contributed by atoms with van der Waals surface area (Å²) in [6.45, 7) is 0. The Hall–Kier alpha value is -3.33. The predicted octanol–water partition coefficient (Wildman–Crippen LogP) is 6.87. The molecule has 3 rings (SSSR count). The van der Waals surface area contributed by atoms with Gasteiger partial charge in [-0.25, -0.2) is 0 Å². The van der Waals surface area contributed by atoms with Crippen molar-refractivity contribution < 1.29 is 31.1 Å². The van der Waals surface area contributed by atoms with Crippen LogP contribution in [0.1, 0.15) is 52.7 Å². The standard InChI is InChI=1S/C27H26F6N2O/c1-34-25(36)24(19-8-3-2-4-9-19)35-23(20-10-6-11-22(17-20)27(31,32)33)12-5-7-18-13-15-21(16-14-18)26(28,29)30/h2-4,6,8-11,13-17,23-24,35H,5,7,12H2,1H3,(H,34,36)/t23-,24+/m0/s1. The molecule has 1 amide bonds. The van der Waals surface area contributed by atoms with Crippen LogP contribution in [0.5, 0.6) is 0 Å². The number of hydrogen-bond acceptors (Lipinski definition) is 2. The second-order valence-corrected chi connectivity index (χ2v) is 8.39. The fourth-order valence-corrected chi connectivity index (χ4v) is 3.96. The molecule has 0 aliphatic carbocycles. The number of aryl methyl sites for hydroxylation is 1. The van der Waals surface area contributed by atoms with Crippen molar-refractivity contribution in [2.24, 2.45) is 0 Å². The number of alkyl halides is 6. The van der Waals surface area contributed by atoms with E-state index in [1.165, 1.54) is 25.2 Å². The zero-order valence-corrected chi connectivity index (χ0v) is 19.5. The molecule has 36 heavy (non-hydrogen) atoms. The van der Waals surface area contributed by atoms with Crippen LogP contribution in [0, 0.1) is 0 Å². The van der Waals surface area contributed by atoms with Crippen LogP contribution in [0.25, 0.3) is 0 Å². The van der Waals surface area contributed by atoms with Gasteiger partial charge in [0.15, 0.2) is 0 Å². The Morgan fingerprint density at radius 3 is 1.97 bits per heavy atom. The van der Waals surface area contributed by atoms with Gasteiger partial charge in [-0.1, -0.05) is 54.6 Å². The number of carbonyl (C=O) groups is 1. The van der Waals surface area contributed by atoms with Crippen molar-refractivity contribution in [1.82, 2.24) is 10.6 Å². The summed E-state index contributed by atoms with van der Waals surface area (Å²) in [4.78, 5) is 12.7. The third kappa shape index (κ3) is 7.34. The number of nitrogens with one attached hydrogen (secondary N) is 2. The number of hydrogen-bond donors (Lipinski definition) is 2. The fraction of sp³-hybridized carbons (Fsp3) is 0.296. The monoisotopic (exact) mass is 508 g/mol. The first-order valence-corrected chi connectivity index (χ1v) is 11.3. The van der Waals surface area contributed by atoms with E-state index in [0.29, 0.717) is 36.0 Å². The van der Waals surface area contributed by atoms with Crippen molar-refractivity contribution in [1.29, 1.82) is 0 Å². The minimum atomic E-state index is -4.53. The molecule has 0 bridgehead atoms. The number of amides is 1. The highest BCUT2D eigenvalue weighted by atomic mass is 19.4. The van der Waals surface area contributed by atoms with E-state index in [0.717, 1.165) is 24.3 Å². The molecule has 2 atom stereocenters. The predicted molar refractivity (Wildman–Crippen MR) is 125 cm³/mol. The minimum absolute atomic E-state index is 0.346. The zero-order valence-electron chi connectivity index (χ0n) is 19.5. The summed E-state index contributed by atoms with van der Waals surface area (Å²) in [6.07, 6.45) is -7.72. The maximum Gasteiger partial charge on any atom is 0.416 e. The van der Waals surface area contributed by atoms with E-state index in [1.807, 2.05) is 0 Å². The lowest BCUT2D eigenvalue weighted by Gasteiger charge is -2.26. The second kappa shape index (κ2) is 11.6. The van der Waals surface area contributed by atoms with Crippen LogP contribution in [0.4, 0.5) is 26.3 Å². The number of carbonyl (C=O) groups excluding carboxylic acids is 1. The van der Waals surface area contributed by atoms with Gasteiger partial charge in [-0.15, -0.1) is 0 Å². The highest BCUT2D eigenvalue weighted by Crippen LogP contribution is 2.33. The van der Waals surface area contributed by atoms with Gasteiger partial charge in [-0.3, -0.25) is 10.1 Å². The van der Waals surface area contributed by atoms with Gasteiger partial charge in [0.25, 0.3) is 0 Å². The third-order valence-corrected chi connectivity index (χ3v) is 5.87. The molecule has 0 saturated carbocycles. The van der Waals surface area contributed by atoms with Crippen LogP contribution < -0.4 is 10.6 Å². The summed E-state index contributed by atoms with van der Waals surface area (Å²) < 4.78 is 78.5. The van der Waals surface area contributed by atoms with E-state index >= 15 is 0 Å². The molecule has 0 saturated heterocycles. The van der Waals surface area contributed by atoms with Crippen molar-refractivity contribution in [3.8, 4) is 0 Å². The summed E-state index contributed by atoms with van der Waals surface area (Å²) in [5.74, 6) is -0.346. The van der Waals surface area contributed by atoms with Crippen LogP contribution >= 0.6 is 0 Å². The Morgan fingerprint density at radius 2 is 1.39 bits per heavy atom. The Morgan fingerprint density at radius 1 is 0.778 bits per heavy atom. The topological polar surface area (TPSA) is 41.1 Å². The zero-order chi connectivity index (χ0) is 26.3. The maximum atomic E-state index is 13.4. The van der Waals surface area contributed by atoms with Gasteiger partial charge in [0, 0.05) is 13.1 Å². The average Bonchev–Trinajstić information content (AvgIpc) is 2.85. The van der Waals surface area contributed by atoms with Crippen molar-refractivity contribution in [2.45, 2.75) is 43.7 Å². The SMILES string of the molecule is CNC(=O)[C@H](N[C@@H](CCCc1ccc(C(F)(F)F)cc1)c1cccc(C(F)(F)F)c1)c1ccccc1. The molecule has 192 valence electrons. The summed E-state index contributed by atoms with van der Waals surface area (Å²) in [5.41, 5.74) is 0.145. The molecule has 2 N–H and O–H groups in total. The third-order valence-electron chi connectivity index (χ3n) is 5.87. The quantitative estimate of drug-likeness (QED) is 0.310. The molecule has 3 aromatic carbocycles. The number of halogens is 6. The highest BCUT2D eigenvalue weighted by molar-refractivity contribution is 5.83. The Labute approximate surface area is 205 Å². The van der Waals surface area contributed by atoms with Crippen molar-refractivity contribution in [3.05, 3.63) is 107 Å². The van der Waals surface area contributed by atoms with Gasteiger partial charge in [0.05, 0.1) is 11.1 Å². The molecular weight excluding hydrogens is 482 g/mol. The fourth-order valence-electron chi connectivity index (χ4n) is 3.96. The molecule has 0 unspecified atom stereocenters. The van der Waals surface area contributed by atoms with Gasteiger partial charge < -0.3 is 5.32 Å². The van der Waals surface area contributed by atoms with Gasteiger partial charge in [-0.2, -0.15) is 26.3 Å². The average molecular weight is 509 g/mol. The smallest absolute Gasteiger partial charge is 0.358 e. The highest BCUT2D eigenvalue weighted by Gasteiger charge is 2.32. The Kier molecular flexibility index (Phi) is 8.79. The van der Waals surface area contributed by atoms with E-state index in [-0.39, 0.29) is 5.91 Å². The number of benzene rings is 3. The van der Waals surface area contributed by atoms with Crippen LogP contribution in [0.15, 0.2) is 78.9 Å². The molecule has 0 aromatic heterocycles. The molecule has 3 nitrogen and oxygen atoms in total. The molecule has 0 spiro atoms. The molecule has 0 radical (unpaired) electrons. The molecule has 0 heterocycles. The van der Waals surface area contributed by atoms with E-state index in [1.54, 1.807) is 36.4 Å². The van der Waals surface area contributed by atoms with E-state index in [9.17, 15) is 31.1 Å². The van der Waals surface area contributed by atoms with Gasteiger partial charge in [-0.05, 0) is 60.2 Å². The first kappa shape index (κ1) is 27.3. The molecule has 0 aliphatic rings. The Bertz CT molecular complexity index is 1130. The minimum Gasteiger partial charge on any atom is -0.358 e. The first-order valence-electron chi connectivity index (χ1n) is 11.3. The summed E-state index contributed by atoms with van der Waals surface area (Å²) in [6, 6.07) is 17.1. The van der Waals surface area contributed by atoms with Crippen LogP contribution in [0.3, 0.4) is 0 Å². The largest absolute Gasteiger partial charge is 0.416 e. The first-order chi connectivity index (χ1) is 17.0. The summed E-state index contributed by atoms with van der Waals surface area (Å²) in [5, 5.41) is 5.79. The Balaban J connectivity index is 1.84. The molecule has 0 fully saturated rings. The lowest BCUT2D eigenvalue weighted by molar-refractivity contribution is -0.138. The second-order valence-electron chi connectivity index (χ2n) is 8.39. The lowest BCUT2D eigenvalue weighted by Crippen LogP contribution is -2.38. The molecule has 3 aromatic rings. The maximum absolute atomic E-state index is 13.4. The van der Waals surface area contributed by atoms with Crippen molar-refractivity contribution in [3.63, 3.8) is 0 Å². The lowest BCUT2D eigenvalue weighted by atomic mass is 9.95. The molecular formula is C27H26F6N2O. The number of rotatable bonds is 9. The molecule has 9 heteroatoms. The summed E-state index contributed by atoms with van der Waals surface area (Å²) in [7, 11) is 1.48. The van der Waals surface area contributed by atoms with Gasteiger partial charge >= 0.3 is 12.4 Å². The van der Waals surface area contributed by atoms with Crippen LogP contribution in [-0.2, 0) is 23.6 Å². The van der Waals surface area contributed by atoms with E-state index < -0.39 is 35.6 Å². The number of likely N-dealkylation sites (N-methyl/N-ethyl adjacent to an activating group) is 1. The van der Waals surface area contributed by atoms with E-state index in [2.05, 4.69) is 10.6 Å². The normalized spacial score (nSPS) is 13.8. The van der Waals surface area contributed by atoms with Crippen molar-refractivity contribution >= 4 is 5.91 Å². The van der Waals surface area contributed by atoms with Crippen LogP contribution in [0.2, 0.25) is 0 Å². The van der Waals surface area contributed by atoms with Crippen molar-refractivity contribution in [2.75, 3.05) is 7.05 Å². The van der Waals surface area contributed by atoms with Crippen LogP contribution in [-0.4, -0.2) is 13.0 Å². The van der Waals surface area contributed by atoms with Gasteiger partial charge in [0.2, 0.25) is 5.91 Å². The summed E-state index contributed by atoms with van der Waals surface area (Å²) >= 11 is 0.